The molecule has 32 heavy (non-hydrogen) atoms. The quantitative estimate of drug-likeness (QED) is 0.657. The number of nitrogens with one attached hydrogen (secondary N) is 1. The van der Waals surface area contributed by atoms with Crippen LogP contribution in [0.2, 0.25) is 0 Å². The van der Waals surface area contributed by atoms with Gasteiger partial charge < -0.3 is 14.9 Å². The third-order valence-electron chi connectivity index (χ3n) is 6.44. The third kappa shape index (κ3) is 5.07. The van der Waals surface area contributed by atoms with Crippen LogP contribution in [0.1, 0.15) is 41.6 Å². The van der Waals surface area contributed by atoms with Crippen molar-refractivity contribution in [2.45, 2.75) is 37.5 Å². The highest BCUT2D eigenvalue weighted by atomic mass is 32.2. The zero-order valence-electron chi connectivity index (χ0n) is 18.5. The highest BCUT2D eigenvalue weighted by molar-refractivity contribution is 7.92. The molecule has 7 nitrogen and oxygen atoms in total. The largest absolute Gasteiger partial charge is 0.478 e. The van der Waals surface area contributed by atoms with E-state index in [2.05, 4.69) is 14.5 Å². The fourth-order valence-corrected chi connectivity index (χ4v) is 6.17. The SMILES string of the molecule is Cc1ccccc1S(=O)(=O)Nc1ccc(N2CCC[C@H](CN3CCCC3)C2)c(C(=O)O)c1. The second kappa shape index (κ2) is 9.50. The smallest absolute Gasteiger partial charge is 0.337 e. The Bertz CT molecular complexity index is 1080. The summed E-state index contributed by atoms with van der Waals surface area (Å²) in [5.74, 6) is -0.540. The van der Waals surface area contributed by atoms with Gasteiger partial charge in [0.15, 0.2) is 0 Å². The Balaban J connectivity index is 1.54. The zero-order valence-corrected chi connectivity index (χ0v) is 19.3. The van der Waals surface area contributed by atoms with Crippen LogP contribution in [0.15, 0.2) is 47.4 Å². The topological polar surface area (TPSA) is 90.0 Å². The number of hydrogen-bond donors (Lipinski definition) is 2. The number of aryl methyl sites for hydroxylation is 1. The normalized spacial score (nSPS) is 19.8. The number of hydrogen-bond acceptors (Lipinski definition) is 5. The fraction of sp³-hybridized carbons (Fsp3) is 0.458. The summed E-state index contributed by atoms with van der Waals surface area (Å²) >= 11 is 0. The molecule has 2 fully saturated rings. The molecule has 0 aliphatic carbocycles. The maximum atomic E-state index is 12.8. The minimum Gasteiger partial charge on any atom is -0.478 e. The van der Waals surface area contributed by atoms with E-state index in [1.807, 2.05) is 0 Å². The molecule has 0 aromatic heterocycles. The van der Waals surface area contributed by atoms with Gasteiger partial charge in [-0.3, -0.25) is 4.72 Å². The number of benzene rings is 2. The first-order chi connectivity index (χ1) is 15.3. The summed E-state index contributed by atoms with van der Waals surface area (Å²) in [6.07, 6.45) is 4.71. The average Bonchev–Trinajstić information content (AvgIpc) is 3.27. The Morgan fingerprint density at radius 2 is 1.84 bits per heavy atom. The molecule has 8 heteroatoms. The molecule has 0 amide bonds. The summed E-state index contributed by atoms with van der Waals surface area (Å²) in [7, 11) is -3.81. The molecular weight excluding hydrogens is 426 g/mol. The maximum Gasteiger partial charge on any atom is 0.337 e. The molecule has 0 unspecified atom stereocenters. The van der Waals surface area contributed by atoms with Gasteiger partial charge in [-0.2, -0.15) is 0 Å². The van der Waals surface area contributed by atoms with E-state index < -0.39 is 16.0 Å². The summed E-state index contributed by atoms with van der Waals surface area (Å²) in [6.45, 7) is 6.75. The highest BCUT2D eigenvalue weighted by Crippen LogP contribution is 2.30. The second-order valence-corrected chi connectivity index (χ2v) is 10.5. The van der Waals surface area contributed by atoms with Crippen molar-refractivity contribution in [3.63, 3.8) is 0 Å². The van der Waals surface area contributed by atoms with Crippen molar-refractivity contribution in [1.82, 2.24) is 4.90 Å². The lowest BCUT2D eigenvalue weighted by Gasteiger charge is -2.36. The van der Waals surface area contributed by atoms with E-state index in [0.717, 1.165) is 45.6 Å². The van der Waals surface area contributed by atoms with E-state index in [9.17, 15) is 18.3 Å². The summed E-state index contributed by atoms with van der Waals surface area (Å²) in [6, 6.07) is 11.5. The molecule has 2 N–H and O–H groups in total. The molecule has 2 aliphatic rings. The highest BCUT2D eigenvalue weighted by Gasteiger charge is 2.26. The minimum atomic E-state index is -3.81. The Kier molecular flexibility index (Phi) is 6.71. The molecule has 2 aromatic carbocycles. The number of piperidine rings is 1. The number of sulfonamides is 1. The average molecular weight is 458 g/mol. The molecule has 0 saturated carbocycles. The lowest BCUT2D eigenvalue weighted by atomic mass is 9.96. The number of rotatable bonds is 7. The fourth-order valence-electron chi connectivity index (χ4n) is 4.88. The molecule has 0 spiro atoms. The molecule has 172 valence electrons. The first kappa shape index (κ1) is 22.6. The van der Waals surface area contributed by atoms with Crippen LogP contribution < -0.4 is 9.62 Å². The van der Waals surface area contributed by atoms with Gasteiger partial charge in [-0.15, -0.1) is 0 Å². The van der Waals surface area contributed by atoms with E-state index in [-0.39, 0.29) is 16.1 Å². The third-order valence-corrected chi connectivity index (χ3v) is 7.98. The van der Waals surface area contributed by atoms with Crippen molar-refractivity contribution in [2.75, 3.05) is 42.3 Å². The van der Waals surface area contributed by atoms with Gasteiger partial charge in [0.25, 0.3) is 10.0 Å². The van der Waals surface area contributed by atoms with E-state index >= 15 is 0 Å². The summed E-state index contributed by atoms with van der Waals surface area (Å²) in [5, 5.41) is 9.86. The predicted molar refractivity (Wildman–Crippen MR) is 126 cm³/mol. The van der Waals surface area contributed by atoms with Crippen LogP contribution in [0.25, 0.3) is 0 Å². The number of carbonyl (C=O) groups is 1. The molecule has 2 heterocycles. The van der Waals surface area contributed by atoms with Gasteiger partial charge in [0.2, 0.25) is 0 Å². The zero-order chi connectivity index (χ0) is 22.7. The maximum absolute atomic E-state index is 12.8. The first-order valence-electron chi connectivity index (χ1n) is 11.3. The van der Waals surface area contributed by atoms with Crippen molar-refractivity contribution < 1.29 is 18.3 Å². The Hall–Kier alpha value is -2.58. The molecule has 1 atom stereocenters. The van der Waals surface area contributed by atoms with Crippen molar-refractivity contribution in [1.29, 1.82) is 0 Å². The molecule has 0 radical (unpaired) electrons. The molecule has 0 bridgehead atoms. The number of aromatic carboxylic acids is 1. The van der Waals surface area contributed by atoms with Crippen molar-refractivity contribution in [3.05, 3.63) is 53.6 Å². The summed E-state index contributed by atoms with van der Waals surface area (Å²) < 4.78 is 28.2. The van der Waals surface area contributed by atoms with Crippen LogP contribution in [0.3, 0.4) is 0 Å². The number of nitrogens with zero attached hydrogens (tertiary/aromatic N) is 2. The van der Waals surface area contributed by atoms with Gasteiger partial charge in [-0.1, -0.05) is 18.2 Å². The summed E-state index contributed by atoms with van der Waals surface area (Å²) in [4.78, 5) is 16.9. The number of likely N-dealkylation sites (tertiary alicyclic amines) is 1. The van der Waals surface area contributed by atoms with Crippen molar-refractivity contribution in [3.8, 4) is 0 Å². The minimum absolute atomic E-state index is 0.122. The molecule has 4 rings (SSSR count). The molecule has 2 aliphatic heterocycles. The van der Waals surface area contributed by atoms with Gasteiger partial charge in [-0.25, -0.2) is 13.2 Å². The monoisotopic (exact) mass is 457 g/mol. The van der Waals surface area contributed by atoms with Crippen LogP contribution in [-0.2, 0) is 10.0 Å². The molecular formula is C24H31N3O4S. The number of carboxylic acid groups (broad SMARTS) is 1. The van der Waals surface area contributed by atoms with Crippen LogP contribution in [0.4, 0.5) is 11.4 Å². The number of anilines is 2. The van der Waals surface area contributed by atoms with Crippen LogP contribution in [-0.4, -0.2) is 57.1 Å². The van der Waals surface area contributed by atoms with Gasteiger partial charge >= 0.3 is 5.97 Å². The first-order valence-corrected chi connectivity index (χ1v) is 12.7. The van der Waals surface area contributed by atoms with Crippen LogP contribution >= 0.6 is 0 Å². The molecule has 2 aromatic rings. The van der Waals surface area contributed by atoms with Gasteiger partial charge in [0.05, 0.1) is 16.1 Å². The standard InChI is InChI=1S/C24H31N3O4S/c1-18-7-2-3-9-23(18)32(30,31)25-20-10-11-22(21(15-20)24(28)29)27-14-6-8-19(17-27)16-26-12-4-5-13-26/h2-3,7,9-11,15,19,25H,4-6,8,12-14,16-17H2,1H3,(H,28,29)/t19-/m1/s1. The van der Waals surface area contributed by atoms with Gasteiger partial charge in [0.1, 0.15) is 0 Å². The van der Waals surface area contributed by atoms with E-state index in [1.54, 1.807) is 43.3 Å². The van der Waals surface area contributed by atoms with E-state index in [4.69, 9.17) is 0 Å². The van der Waals surface area contributed by atoms with E-state index in [0.29, 0.717) is 17.2 Å². The molecule has 2 saturated heterocycles. The Morgan fingerprint density at radius 3 is 2.56 bits per heavy atom. The Labute approximate surface area is 190 Å². The van der Waals surface area contributed by atoms with E-state index in [1.165, 1.54) is 18.9 Å². The second-order valence-electron chi connectivity index (χ2n) is 8.87. The lowest BCUT2D eigenvalue weighted by molar-refractivity contribution is 0.0697. The van der Waals surface area contributed by atoms with Crippen molar-refractivity contribution >= 4 is 27.4 Å². The predicted octanol–water partition coefficient (Wildman–Crippen LogP) is 3.81. The van der Waals surface area contributed by atoms with Gasteiger partial charge in [-0.05, 0) is 81.4 Å². The lowest BCUT2D eigenvalue weighted by Crippen LogP contribution is -2.41. The van der Waals surface area contributed by atoms with Crippen molar-refractivity contribution in [2.24, 2.45) is 5.92 Å². The summed E-state index contributed by atoms with van der Waals surface area (Å²) in [5.41, 5.74) is 1.66. The van der Waals surface area contributed by atoms with Crippen LogP contribution in [0.5, 0.6) is 0 Å². The number of carboxylic acids is 1. The van der Waals surface area contributed by atoms with Gasteiger partial charge in [0, 0.05) is 25.3 Å². The van der Waals surface area contributed by atoms with Crippen LogP contribution in [0, 0.1) is 12.8 Å². The Morgan fingerprint density at radius 1 is 1.09 bits per heavy atom.